The minimum absolute atomic E-state index is 0.0307. The predicted octanol–water partition coefficient (Wildman–Crippen LogP) is 5.53. The molecule has 5 rings (SSSR count). The maximum atomic E-state index is 13.7. The van der Waals surface area contributed by atoms with Crippen LogP contribution in [0.4, 0.5) is 23.2 Å². The maximum absolute atomic E-state index is 13.7. The van der Waals surface area contributed by atoms with Crippen LogP contribution in [-0.2, 0) is 22.9 Å². The third kappa shape index (κ3) is 5.37. The molecular weight excluding hydrogens is 524 g/mol. The monoisotopic (exact) mass is 556 g/mol. The van der Waals surface area contributed by atoms with E-state index in [1.54, 1.807) is 9.80 Å². The molecule has 2 aliphatic rings. The van der Waals surface area contributed by atoms with E-state index in [1.165, 1.54) is 6.07 Å². The zero-order valence-electron chi connectivity index (χ0n) is 22.3. The summed E-state index contributed by atoms with van der Waals surface area (Å²) in [5.41, 5.74) is 7.55. The lowest BCUT2D eigenvalue weighted by molar-refractivity contribution is -0.137. The number of nitrogens with two attached hydrogens (primary N) is 1. The Bertz CT molecular complexity index is 1390. The Kier molecular flexibility index (Phi) is 7.72. The van der Waals surface area contributed by atoms with E-state index < -0.39 is 23.0 Å². The number of amides is 1. The second-order valence-electron chi connectivity index (χ2n) is 10.3. The lowest BCUT2D eigenvalue weighted by Crippen LogP contribution is -2.54. The van der Waals surface area contributed by atoms with Crippen LogP contribution in [0.5, 0.6) is 5.75 Å². The fourth-order valence-electron chi connectivity index (χ4n) is 5.97. The Labute approximate surface area is 230 Å². The van der Waals surface area contributed by atoms with Crippen LogP contribution < -0.4 is 15.4 Å². The third-order valence-corrected chi connectivity index (χ3v) is 7.88. The highest BCUT2D eigenvalue weighted by Gasteiger charge is 2.45. The summed E-state index contributed by atoms with van der Waals surface area (Å²) in [4.78, 5) is 21.5. The van der Waals surface area contributed by atoms with Gasteiger partial charge in [-0.15, -0.1) is 0 Å². The number of halogens is 4. The van der Waals surface area contributed by atoms with Crippen molar-refractivity contribution in [2.75, 3.05) is 37.7 Å². The molecule has 6 nitrogen and oxygen atoms in total. The molecule has 1 saturated heterocycles. The number of fused-ring (bicyclic) bond motifs is 2. The number of pyridine rings is 1. The van der Waals surface area contributed by atoms with Gasteiger partial charge in [-0.25, -0.2) is 4.39 Å². The number of hydrogen-bond donors (Lipinski definition) is 1. The van der Waals surface area contributed by atoms with E-state index >= 15 is 0 Å². The van der Waals surface area contributed by atoms with Crippen molar-refractivity contribution >= 4 is 11.6 Å². The van der Waals surface area contributed by atoms with Gasteiger partial charge in [0.15, 0.2) is 0 Å². The number of nitrogens with zero attached hydrogens (tertiary/aromatic N) is 3. The zero-order valence-corrected chi connectivity index (χ0v) is 22.3. The van der Waals surface area contributed by atoms with Crippen LogP contribution in [-0.4, -0.2) is 48.6 Å². The van der Waals surface area contributed by atoms with E-state index in [0.29, 0.717) is 57.4 Å². The number of carbonyl (C=O) groups is 1. The number of alkyl halides is 3. The molecule has 212 valence electrons. The molecule has 1 aromatic heterocycles. The molecule has 1 fully saturated rings. The fourth-order valence-corrected chi connectivity index (χ4v) is 5.97. The molecule has 2 aliphatic heterocycles. The lowest BCUT2D eigenvalue weighted by Gasteiger charge is -2.49. The van der Waals surface area contributed by atoms with Gasteiger partial charge < -0.3 is 20.3 Å². The van der Waals surface area contributed by atoms with E-state index in [9.17, 15) is 22.4 Å². The first kappa shape index (κ1) is 27.9. The van der Waals surface area contributed by atoms with Crippen LogP contribution in [0.1, 0.15) is 43.0 Å². The standard InChI is InChI=1S/C30H32F4N4O2/c1-2-40-27-6-4-3-5-21(27)24-9-8-22-25(36-24)18-38(28(39)11-14-35)19-29(22)12-15-37(16-13-29)26-10-7-20(31)17-23(26)30(32,33)34/h3-10,17H,2,11-16,18-19,35H2,1H3. The smallest absolute Gasteiger partial charge is 0.418 e. The minimum atomic E-state index is -4.67. The van der Waals surface area contributed by atoms with E-state index in [1.807, 2.05) is 43.3 Å². The normalized spacial score (nSPS) is 16.6. The fraction of sp³-hybridized carbons (Fsp3) is 0.400. The largest absolute Gasteiger partial charge is 0.493 e. The molecule has 0 aliphatic carbocycles. The summed E-state index contributed by atoms with van der Waals surface area (Å²) in [6.07, 6.45) is -3.45. The zero-order chi connectivity index (χ0) is 28.5. The topological polar surface area (TPSA) is 71.7 Å². The van der Waals surface area contributed by atoms with E-state index in [2.05, 4.69) is 0 Å². The van der Waals surface area contributed by atoms with Crippen molar-refractivity contribution in [1.82, 2.24) is 9.88 Å². The van der Waals surface area contributed by atoms with Crippen LogP contribution in [0.25, 0.3) is 11.3 Å². The van der Waals surface area contributed by atoms with Gasteiger partial charge in [0.25, 0.3) is 0 Å². The summed E-state index contributed by atoms with van der Waals surface area (Å²) in [5, 5.41) is 0. The molecule has 3 aromatic rings. The third-order valence-electron chi connectivity index (χ3n) is 7.88. The average Bonchev–Trinajstić information content (AvgIpc) is 2.93. The van der Waals surface area contributed by atoms with Crippen molar-refractivity contribution < 1.29 is 27.1 Å². The lowest BCUT2D eigenvalue weighted by atomic mass is 9.69. The SMILES string of the molecule is CCOc1ccccc1-c1ccc2c(n1)CN(C(=O)CCN)CC21CCN(c2ccc(F)cc2C(F)(F)F)CC1. The summed E-state index contributed by atoms with van der Waals surface area (Å²) >= 11 is 0. The molecule has 0 bridgehead atoms. The van der Waals surface area contributed by atoms with Gasteiger partial charge in [0, 0.05) is 49.3 Å². The molecule has 0 atom stereocenters. The van der Waals surface area contributed by atoms with Crippen molar-refractivity contribution in [3.05, 3.63) is 77.2 Å². The van der Waals surface area contributed by atoms with Crippen molar-refractivity contribution in [3.63, 3.8) is 0 Å². The molecular formula is C30H32F4N4O2. The van der Waals surface area contributed by atoms with Gasteiger partial charge in [-0.2, -0.15) is 13.2 Å². The molecule has 40 heavy (non-hydrogen) atoms. The molecule has 1 spiro atoms. The molecule has 2 aromatic carbocycles. The van der Waals surface area contributed by atoms with Crippen molar-refractivity contribution in [2.24, 2.45) is 5.73 Å². The summed E-state index contributed by atoms with van der Waals surface area (Å²) in [7, 11) is 0. The first-order chi connectivity index (χ1) is 19.1. The maximum Gasteiger partial charge on any atom is 0.418 e. The Morgan fingerprint density at radius 2 is 1.85 bits per heavy atom. The molecule has 10 heteroatoms. The van der Waals surface area contributed by atoms with E-state index in [4.69, 9.17) is 15.5 Å². The van der Waals surface area contributed by atoms with Crippen LogP contribution in [0, 0.1) is 5.82 Å². The van der Waals surface area contributed by atoms with Gasteiger partial charge in [-0.1, -0.05) is 18.2 Å². The molecule has 0 radical (unpaired) electrons. The quantitative estimate of drug-likeness (QED) is 0.404. The van der Waals surface area contributed by atoms with Gasteiger partial charge >= 0.3 is 6.18 Å². The van der Waals surface area contributed by atoms with Crippen LogP contribution in [0.3, 0.4) is 0 Å². The molecule has 1 amide bonds. The molecule has 2 N–H and O–H groups in total. The first-order valence-corrected chi connectivity index (χ1v) is 13.5. The van der Waals surface area contributed by atoms with E-state index in [0.717, 1.165) is 28.6 Å². The number of ether oxygens (including phenoxy) is 1. The second-order valence-corrected chi connectivity index (χ2v) is 10.3. The van der Waals surface area contributed by atoms with Gasteiger partial charge in [0.05, 0.1) is 30.1 Å². The van der Waals surface area contributed by atoms with Gasteiger partial charge in [-0.3, -0.25) is 9.78 Å². The summed E-state index contributed by atoms with van der Waals surface area (Å²) in [5.74, 6) is -0.283. The number of anilines is 1. The Morgan fingerprint density at radius 3 is 2.55 bits per heavy atom. The highest BCUT2D eigenvalue weighted by molar-refractivity contribution is 5.77. The molecule has 0 unspecified atom stereocenters. The second kappa shape index (κ2) is 11.1. The van der Waals surface area contributed by atoms with Crippen molar-refractivity contribution in [2.45, 2.75) is 44.3 Å². The number of hydrogen-bond acceptors (Lipinski definition) is 5. The summed E-state index contributed by atoms with van der Waals surface area (Å²) in [6, 6.07) is 14.4. The Hall–Kier alpha value is -3.66. The predicted molar refractivity (Wildman–Crippen MR) is 144 cm³/mol. The summed E-state index contributed by atoms with van der Waals surface area (Å²) in [6.45, 7) is 4.07. The Balaban J connectivity index is 1.50. The van der Waals surface area contributed by atoms with Crippen LogP contribution in [0.15, 0.2) is 54.6 Å². The van der Waals surface area contributed by atoms with Gasteiger partial charge in [-0.05, 0) is 61.7 Å². The number of benzene rings is 2. The summed E-state index contributed by atoms with van der Waals surface area (Å²) < 4.78 is 60.7. The average molecular weight is 557 g/mol. The van der Waals surface area contributed by atoms with Crippen LogP contribution >= 0.6 is 0 Å². The van der Waals surface area contributed by atoms with Crippen molar-refractivity contribution in [3.8, 4) is 17.0 Å². The number of aromatic nitrogens is 1. The number of piperidine rings is 1. The highest BCUT2D eigenvalue weighted by atomic mass is 19.4. The highest BCUT2D eigenvalue weighted by Crippen LogP contribution is 2.45. The van der Waals surface area contributed by atoms with Gasteiger partial charge in [0.2, 0.25) is 5.91 Å². The number of para-hydroxylation sites is 1. The molecule has 0 saturated carbocycles. The first-order valence-electron chi connectivity index (χ1n) is 13.5. The minimum Gasteiger partial charge on any atom is -0.493 e. The number of rotatable bonds is 6. The van der Waals surface area contributed by atoms with Crippen molar-refractivity contribution in [1.29, 1.82) is 0 Å². The van der Waals surface area contributed by atoms with Crippen LogP contribution in [0.2, 0.25) is 0 Å². The number of carbonyl (C=O) groups excluding carboxylic acids is 1. The van der Waals surface area contributed by atoms with E-state index in [-0.39, 0.29) is 24.6 Å². The van der Waals surface area contributed by atoms with Gasteiger partial charge in [0.1, 0.15) is 11.6 Å². The Morgan fingerprint density at radius 1 is 1.10 bits per heavy atom. The molecule has 3 heterocycles.